The molecule has 2 N–H and O–H groups in total. The van der Waals surface area contributed by atoms with E-state index in [4.69, 9.17) is 4.74 Å². The van der Waals surface area contributed by atoms with Crippen molar-refractivity contribution in [3.05, 3.63) is 70.5 Å². The van der Waals surface area contributed by atoms with E-state index in [2.05, 4.69) is 15.3 Å². The molecule has 0 aliphatic heterocycles. The standard InChI is InChI=1S/C23H25N3O3/c1-13-6-7-14(2)20(12-13)26-22(27)17(5)29-23(28)19-10-8-18(9-11-19)21-24-15(3)16(4)25-21/h6-12,17H,1-5H3,(H,24,25)(H,26,27). The van der Waals surface area contributed by atoms with Crippen molar-refractivity contribution in [3.63, 3.8) is 0 Å². The van der Waals surface area contributed by atoms with Gasteiger partial charge < -0.3 is 15.0 Å². The van der Waals surface area contributed by atoms with Gasteiger partial charge in [0.1, 0.15) is 5.82 Å². The van der Waals surface area contributed by atoms with Gasteiger partial charge in [0.15, 0.2) is 6.10 Å². The Bertz CT molecular complexity index is 1030. The summed E-state index contributed by atoms with van der Waals surface area (Å²) in [5.41, 5.74) is 5.89. The molecule has 3 rings (SSSR count). The van der Waals surface area contributed by atoms with Gasteiger partial charge in [-0.25, -0.2) is 9.78 Å². The van der Waals surface area contributed by atoms with Crippen LogP contribution in [0.15, 0.2) is 42.5 Å². The number of hydrogen-bond acceptors (Lipinski definition) is 4. The Morgan fingerprint density at radius 1 is 1.03 bits per heavy atom. The average molecular weight is 391 g/mol. The molecular formula is C23H25N3O3. The summed E-state index contributed by atoms with van der Waals surface area (Å²) in [6, 6.07) is 12.7. The van der Waals surface area contributed by atoms with Crippen LogP contribution < -0.4 is 5.32 Å². The molecule has 0 radical (unpaired) electrons. The molecule has 0 aliphatic carbocycles. The van der Waals surface area contributed by atoms with Crippen molar-refractivity contribution in [2.45, 2.75) is 40.7 Å². The van der Waals surface area contributed by atoms with E-state index in [0.29, 0.717) is 11.3 Å². The van der Waals surface area contributed by atoms with E-state index in [1.54, 1.807) is 31.2 Å². The van der Waals surface area contributed by atoms with Crippen LogP contribution in [0, 0.1) is 27.7 Å². The van der Waals surface area contributed by atoms with Crippen LogP contribution in [0.3, 0.4) is 0 Å². The number of nitrogens with zero attached hydrogens (tertiary/aromatic N) is 1. The van der Waals surface area contributed by atoms with Gasteiger partial charge in [-0.3, -0.25) is 4.79 Å². The van der Waals surface area contributed by atoms with Crippen LogP contribution in [-0.4, -0.2) is 27.9 Å². The lowest BCUT2D eigenvalue weighted by Crippen LogP contribution is -2.30. The zero-order valence-corrected chi connectivity index (χ0v) is 17.3. The first-order chi connectivity index (χ1) is 13.7. The average Bonchev–Trinajstić information content (AvgIpc) is 3.03. The first-order valence-corrected chi connectivity index (χ1v) is 9.47. The molecule has 0 fully saturated rings. The van der Waals surface area contributed by atoms with Crippen molar-refractivity contribution in [3.8, 4) is 11.4 Å². The highest BCUT2D eigenvalue weighted by Crippen LogP contribution is 2.20. The van der Waals surface area contributed by atoms with Crippen molar-refractivity contribution in [2.24, 2.45) is 0 Å². The molecular weight excluding hydrogens is 366 g/mol. The highest BCUT2D eigenvalue weighted by molar-refractivity contribution is 5.97. The molecule has 6 nitrogen and oxygen atoms in total. The SMILES string of the molecule is Cc1ccc(C)c(NC(=O)C(C)OC(=O)c2ccc(-c3nc(C)c(C)[nH]3)cc2)c1. The first kappa shape index (κ1) is 20.3. The van der Waals surface area contributed by atoms with Crippen molar-refractivity contribution >= 4 is 17.6 Å². The fraction of sp³-hybridized carbons (Fsp3) is 0.261. The lowest BCUT2D eigenvalue weighted by atomic mass is 10.1. The number of benzene rings is 2. The van der Waals surface area contributed by atoms with E-state index in [1.165, 1.54) is 0 Å². The summed E-state index contributed by atoms with van der Waals surface area (Å²) < 4.78 is 5.33. The number of carbonyl (C=O) groups is 2. The van der Waals surface area contributed by atoms with Crippen LogP contribution in [0.2, 0.25) is 0 Å². The molecule has 0 saturated carbocycles. The molecule has 1 heterocycles. The van der Waals surface area contributed by atoms with Crippen LogP contribution in [0.25, 0.3) is 11.4 Å². The monoisotopic (exact) mass is 391 g/mol. The van der Waals surface area contributed by atoms with Crippen molar-refractivity contribution in [2.75, 3.05) is 5.32 Å². The van der Waals surface area contributed by atoms with Gasteiger partial charge in [0, 0.05) is 16.9 Å². The second kappa shape index (κ2) is 8.31. The summed E-state index contributed by atoms with van der Waals surface area (Å²) in [5.74, 6) is -0.168. The Kier molecular flexibility index (Phi) is 5.82. The Morgan fingerprint density at radius 2 is 1.72 bits per heavy atom. The highest BCUT2D eigenvalue weighted by atomic mass is 16.5. The van der Waals surface area contributed by atoms with Crippen LogP contribution in [-0.2, 0) is 9.53 Å². The number of H-pyrrole nitrogens is 1. The molecule has 1 amide bonds. The lowest BCUT2D eigenvalue weighted by Gasteiger charge is -2.15. The topological polar surface area (TPSA) is 84.1 Å². The summed E-state index contributed by atoms with van der Waals surface area (Å²) in [4.78, 5) is 32.5. The zero-order valence-electron chi connectivity index (χ0n) is 17.3. The number of rotatable bonds is 5. The lowest BCUT2D eigenvalue weighted by molar-refractivity contribution is -0.123. The molecule has 0 bridgehead atoms. The van der Waals surface area contributed by atoms with E-state index in [-0.39, 0.29) is 5.91 Å². The Balaban J connectivity index is 1.64. The largest absolute Gasteiger partial charge is 0.449 e. The fourth-order valence-corrected chi connectivity index (χ4v) is 2.84. The number of nitrogens with one attached hydrogen (secondary N) is 2. The van der Waals surface area contributed by atoms with Gasteiger partial charge in [-0.15, -0.1) is 0 Å². The van der Waals surface area contributed by atoms with Gasteiger partial charge in [-0.2, -0.15) is 0 Å². The molecule has 3 aromatic rings. The van der Waals surface area contributed by atoms with Gasteiger partial charge in [0.05, 0.1) is 11.3 Å². The molecule has 1 unspecified atom stereocenters. The number of anilines is 1. The highest BCUT2D eigenvalue weighted by Gasteiger charge is 2.20. The summed E-state index contributed by atoms with van der Waals surface area (Å²) >= 11 is 0. The maximum Gasteiger partial charge on any atom is 0.338 e. The summed E-state index contributed by atoms with van der Waals surface area (Å²) in [6.07, 6.45) is -0.919. The molecule has 150 valence electrons. The third-order valence-electron chi connectivity index (χ3n) is 4.83. The molecule has 6 heteroatoms. The second-order valence-corrected chi connectivity index (χ2v) is 7.23. The first-order valence-electron chi connectivity index (χ1n) is 9.47. The molecule has 0 spiro atoms. The van der Waals surface area contributed by atoms with Crippen LogP contribution in [0.1, 0.15) is 39.8 Å². The number of esters is 1. The molecule has 2 aromatic carbocycles. The minimum atomic E-state index is -0.919. The number of aromatic nitrogens is 2. The Labute approximate surface area is 170 Å². The smallest absolute Gasteiger partial charge is 0.338 e. The van der Waals surface area contributed by atoms with Crippen LogP contribution in [0.4, 0.5) is 5.69 Å². The van der Waals surface area contributed by atoms with E-state index < -0.39 is 12.1 Å². The third kappa shape index (κ3) is 4.71. The minimum Gasteiger partial charge on any atom is -0.449 e. The van der Waals surface area contributed by atoms with E-state index >= 15 is 0 Å². The third-order valence-corrected chi connectivity index (χ3v) is 4.83. The second-order valence-electron chi connectivity index (χ2n) is 7.23. The predicted molar refractivity (Wildman–Crippen MR) is 113 cm³/mol. The normalized spacial score (nSPS) is 11.8. The zero-order chi connectivity index (χ0) is 21.1. The Morgan fingerprint density at radius 3 is 2.34 bits per heavy atom. The molecule has 0 saturated heterocycles. The van der Waals surface area contributed by atoms with Gasteiger partial charge in [0.25, 0.3) is 5.91 Å². The van der Waals surface area contributed by atoms with E-state index in [1.807, 2.05) is 45.9 Å². The molecule has 29 heavy (non-hydrogen) atoms. The minimum absolute atomic E-state index is 0.370. The maximum absolute atomic E-state index is 12.4. The van der Waals surface area contributed by atoms with Gasteiger partial charge in [0.2, 0.25) is 0 Å². The Hall–Kier alpha value is -3.41. The molecule has 0 aliphatic rings. The van der Waals surface area contributed by atoms with Gasteiger partial charge >= 0.3 is 5.97 Å². The number of imidazole rings is 1. The number of carbonyl (C=O) groups excluding carboxylic acids is 2. The number of ether oxygens (including phenoxy) is 1. The fourth-order valence-electron chi connectivity index (χ4n) is 2.84. The summed E-state index contributed by atoms with van der Waals surface area (Å²) in [5, 5.41) is 2.82. The van der Waals surface area contributed by atoms with Crippen molar-refractivity contribution in [1.82, 2.24) is 9.97 Å². The number of hydrogen-bond donors (Lipinski definition) is 2. The van der Waals surface area contributed by atoms with Crippen molar-refractivity contribution in [1.29, 1.82) is 0 Å². The molecule has 1 atom stereocenters. The van der Waals surface area contributed by atoms with E-state index in [9.17, 15) is 9.59 Å². The number of aromatic amines is 1. The van der Waals surface area contributed by atoms with Gasteiger partial charge in [-0.05, 0) is 63.9 Å². The number of amides is 1. The van der Waals surface area contributed by atoms with Crippen LogP contribution in [0.5, 0.6) is 0 Å². The quantitative estimate of drug-likeness (QED) is 0.628. The summed E-state index contributed by atoms with van der Waals surface area (Å²) in [6.45, 7) is 9.32. The summed E-state index contributed by atoms with van der Waals surface area (Å²) in [7, 11) is 0. The number of aryl methyl sites for hydroxylation is 4. The van der Waals surface area contributed by atoms with Crippen LogP contribution >= 0.6 is 0 Å². The maximum atomic E-state index is 12.4. The van der Waals surface area contributed by atoms with Gasteiger partial charge in [-0.1, -0.05) is 24.3 Å². The van der Waals surface area contributed by atoms with Crippen molar-refractivity contribution < 1.29 is 14.3 Å². The van der Waals surface area contributed by atoms with E-state index in [0.717, 1.165) is 33.9 Å². The molecule has 1 aromatic heterocycles. The predicted octanol–water partition coefficient (Wildman–Crippen LogP) is 4.49.